The highest BCUT2D eigenvalue weighted by molar-refractivity contribution is 5.27. The molecule has 1 aliphatic rings. The molecule has 0 radical (unpaired) electrons. The molecular formula is C15H24N2O. The van der Waals surface area contributed by atoms with Gasteiger partial charge in [-0.2, -0.15) is 0 Å². The van der Waals surface area contributed by atoms with E-state index in [0.29, 0.717) is 0 Å². The van der Waals surface area contributed by atoms with Crippen molar-refractivity contribution in [3.05, 3.63) is 29.8 Å². The Morgan fingerprint density at radius 1 is 1.17 bits per heavy atom. The van der Waals surface area contributed by atoms with E-state index in [1.54, 1.807) is 0 Å². The van der Waals surface area contributed by atoms with Gasteiger partial charge < -0.3 is 10.1 Å². The first-order chi connectivity index (χ1) is 8.74. The Bertz CT molecular complexity index is 340. The van der Waals surface area contributed by atoms with Gasteiger partial charge >= 0.3 is 0 Å². The summed E-state index contributed by atoms with van der Waals surface area (Å²) < 4.78 is 5.66. The van der Waals surface area contributed by atoms with Crippen molar-refractivity contribution < 1.29 is 4.74 Å². The van der Waals surface area contributed by atoms with E-state index in [1.165, 1.54) is 18.5 Å². The maximum absolute atomic E-state index is 5.66. The molecule has 1 aliphatic heterocycles. The average Bonchev–Trinajstić information content (AvgIpc) is 2.60. The second kappa shape index (κ2) is 6.76. The van der Waals surface area contributed by atoms with Crippen molar-refractivity contribution in [1.29, 1.82) is 0 Å². The summed E-state index contributed by atoms with van der Waals surface area (Å²) in [6, 6.07) is 8.50. The first kappa shape index (κ1) is 13.4. The largest absolute Gasteiger partial charge is 0.491 e. The Morgan fingerprint density at radius 3 is 2.67 bits per heavy atom. The second-order valence-electron chi connectivity index (χ2n) is 5.19. The maximum atomic E-state index is 5.66. The third-order valence-corrected chi connectivity index (χ3v) is 3.13. The molecule has 100 valence electrons. The molecule has 0 atom stereocenters. The van der Waals surface area contributed by atoms with Crippen LogP contribution in [-0.4, -0.2) is 37.2 Å². The van der Waals surface area contributed by atoms with Crippen LogP contribution < -0.4 is 10.1 Å². The Labute approximate surface area is 110 Å². The Morgan fingerprint density at radius 2 is 1.94 bits per heavy atom. The molecule has 0 bridgehead atoms. The topological polar surface area (TPSA) is 24.5 Å². The lowest BCUT2D eigenvalue weighted by Crippen LogP contribution is -2.27. The molecule has 1 N–H and O–H groups in total. The van der Waals surface area contributed by atoms with Crippen molar-refractivity contribution >= 4 is 0 Å². The van der Waals surface area contributed by atoms with Gasteiger partial charge in [0.25, 0.3) is 0 Å². The van der Waals surface area contributed by atoms with Gasteiger partial charge in [-0.1, -0.05) is 12.1 Å². The van der Waals surface area contributed by atoms with Crippen LogP contribution in [0.2, 0.25) is 0 Å². The fourth-order valence-electron chi connectivity index (χ4n) is 2.26. The smallest absolute Gasteiger partial charge is 0.119 e. The van der Waals surface area contributed by atoms with Crippen LogP contribution in [0.1, 0.15) is 25.8 Å². The number of hydrogen-bond donors (Lipinski definition) is 1. The van der Waals surface area contributed by atoms with Crippen molar-refractivity contribution in [2.24, 2.45) is 0 Å². The molecule has 1 saturated heterocycles. The molecule has 1 aromatic rings. The normalized spacial score (nSPS) is 17.7. The third-order valence-electron chi connectivity index (χ3n) is 3.13. The minimum Gasteiger partial charge on any atom is -0.491 e. The molecule has 2 rings (SSSR count). The van der Waals surface area contributed by atoms with Gasteiger partial charge in [0.1, 0.15) is 5.75 Å². The molecule has 0 unspecified atom stereocenters. The number of benzene rings is 1. The molecule has 3 nitrogen and oxygen atoms in total. The van der Waals surface area contributed by atoms with Crippen LogP contribution in [-0.2, 0) is 6.54 Å². The summed E-state index contributed by atoms with van der Waals surface area (Å²) in [6.07, 6.45) is 1.49. The standard InChI is InChI=1S/C15H24N2O/c1-13(2)18-15-6-4-14(5-7-15)12-17-10-3-8-16-9-11-17/h4-7,13,16H,3,8-12H2,1-2H3. The summed E-state index contributed by atoms with van der Waals surface area (Å²) in [5, 5.41) is 3.43. The molecule has 3 heteroatoms. The SMILES string of the molecule is CC(C)Oc1ccc(CN2CCCNCC2)cc1. The number of nitrogens with one attached hydrogen (secondary N) is 1. The summed E-state index contributed by atoms with van der Waals surface area (Å²) in [5.74, 6) is 0.964. The van der Waals surface area contributed by atoms with E-state index < -0.39 is 0 Å². The number of nitrogens with zero attached hydrogens (tertiary/aromatic N) is 1. The van der Waals surface area contributed by atoms with Crippen molar-refractivity contribution in [1.82, 2.24) is 10.2 Å². The van der Waals surface area contributed by atoms with Gasteiger partial charge in [-0.05, 0) is 51.1 Å². The van der Waals surface area contributed by atoms with Crippen LogP contribution in [0.5, 0.6) is 5.75 Å². The highest BCUT2D eigenvalue weighted by Crippen LogP contribution is 2.15. The minimum atomic E-state index is 0.243. The predicted octanol–water partition coefficient (Wildman–Crippen LogP) is 2.27. The molecule has 0 aliphatic carbocycles. The van der Waals surface area contributed by atoms with E-state index >= 15 is 0 Å². The van der Waals surface area contributed by atoms with Crippen LogP contribution in [0.4, 0.5) is 0 Å². The van der Waals surface area contributed by atoms with Gasteiger partial charge in [0.15, 0.2) is 0 Å². The number of rotatable bonds is 4. The van der Waals surface area contributed by atoms with Gasteiger partial charge in [0.2, 0.25) is 0 Å². The highest BCUT2D eigenvalue weighted by Gasteiger charge is 2.08. The Hall–Kier alpha value is -1.06. The molecule has 0 amide bonds. The van der Waals surface area contributed by atoms with E-state index in [-0.39, 0.29) is 6.10 Å². The molecular weight excluding hydrogens is 224 g/mol. The predicted molar refractivity (Wildman–Crippen MR) is 75.0 cm³/mol. The zero-order valence-electron chi connectivity index (χ0n) is 11.5. The molecule has 0 saturated carbocycles. The molecule has 1 aromatic carbocycles. The van der Waals surface area contributed by atoms with E-state index in [9.17, 15) is 0 Å². The summed E-state index contributed by atoms with van der Waals surface area (Å²) in [5.41, 5.74) is 1.37. The third kappa shape index (κ3) is 4.31. The van der Waals surface area contributed by atoms with Gasteiger partial charge in [-0.15, -0.1) is 0 Å². The van der Waals surface area contributed by atoms with E-state index in [0.717, 1.165) is 31.9 Å². The molecule has 0 spiro atoms. The fraction of sp³-hybridized carbons (Fsp3) is 0.600. The number of ether oxygens (including phenoxy) is 1. The van der Waals surface area contributed by atoms with Crippen LogP contribution >= 0.6 is 0 Å². The van der Waals surface area contributed by atoms with Gasteiger partial charge in [-0.25, -0.2) is 0 Å². The highest BCUT2D eigenvalue weighted by atomic mass is 16.5. The maximum Gasteiger partial charge on any atom is 0.119 e. The summed E-state index contributed by atoms with van der Waals surface area (Å²) >= 11 is 0. The fourth-order valence-corrected chi connectivity index (χ4v) is 2.26. The van der Waals surface area contributed by atoms with Gasteiger partial charge in [0, 0.05) is 19.6 Å². The molecule has 0 aromatic heterocycles. The van der Waals surface area contributed by atoms with Crippen LogP contribution in [0, 0.1) is 0 Å². The summed E-state index contributed by atoms with van der Waals surface area (Å²) in [7, 11) is 0. The second-order valence-corrected chi connectivity index (χ2v) is 5.19. The lowest BCUT2D eigenvalue weighted by Gasteiger charge is -2.19. The summed E-state index contributed by atoms with van der Waals surface area (Å²) in [4.78, 5) is 2.51. The monoisotopic (exact) mass is 248 g/mol. The van der Waals surface area contributed by atoms with E-state index in [1.807, 2.05) is 0 Å². The van der Waals surface area contributed by atoms with Gasteiger partial charge in [0.05, 0.1) is 6.10 Å². The minimum absolute atomic E-state index is 0.243. The van der Waals surface area contributed by atoms with Crippen molar-refractivity contribution in [3.8, 4) is 5.75 Å². The molecule has 1 fully saturated rings. The molecule has 18 heavy (non-hydrogen) atoms. The average molecular weight is 248 g/mol. The first-order valence-electron chi connectivity index (χ1n) is 6.93. The van der Waals surface area contributed by atoms with Crippen molar-refractivity contribution in [2.45, 2.75) is 32.9 Å². The van der Waals surface area contributed by atoms with Crippen molar-refractivity contribution in [2.75, 3.05) is 26.2 Å². The Balaban J connectivity index is 1.88. The lowest BCUT2D eigenvalue weighted by atomic mass is 10.2. The van der Waals surface area contributed by atoms with Gasteiger partial charge in [-0.3, -0.25) is 4.90 Å². The first-order valence-corrected chi connectivity index (χ1v) is 6.93. The van der Waals surface area contributed by atoms with E-state index in [4.69, 9.17) is 4.74 Å². The summed E-state index contributed by atoms with van der Waals surface area (Å²) in [6.45, 7) is 9.74. The lowest BCUT2D eigenvalue weighted by molar-refractivity contribution is 0.242. The Kier molecular flexibility index (Phi) is 5.02. The quantitative estimate of drug-likeness (QED) is 0.884. The van der Waals surface area contributed by atoms with Crippen LogP contribution in [0.3, 0.4) is 0 Å². The number of hydrogen-bond acceptors (Lipinski definition) is 3. The van der Waals surface area contributed by atoms with Crippen molar-refractivity contribution in [3.63, 3.8) is 0 Å². The zero-order chi connectivity index (χ0) is 12.8. The van der Waals surface area contributed by atoms with E-state index in [2.05, 4.69) is 48.3 Å². The van der Waals surface area contributed by atoms with Crippen LogP contribution in [0.15, 0.2) is 24.3 Å². The zero-order valence-corrected chi connectivity index (χ0v) is 11.5. The van der Waals surface area contributed by atoms with Crippen LogP contribution in [0.25, 0.3) is 0 Å². The molecule has 1 heterocycles.